The van der Waals surface area contributed by atoms with Crippen molar-refractivity contribution < 1.29 is 0 Å². The zero-order valence-electron chi connectivity index (χ0n) is 6.17. The molecule has 0 saturated carbocycles. The third-order valence-electron chi connectivity index (χ3n) is 1.55. The van der Waals surface area contributed by atoms with Crippen LogP contribution in [-0.4, -0.2) is 11.1 Å². The summed E-state index contributed by atoms with van der Waals surface area (Å²) in [7, 11) is 1.98. The summed E-state index contributed by atoms with van der Waals surface area (Å²) in [6, 6.07) is 3.99. The number of rotatable bonds is 2. The molecule has 0 bridgehead atoms. The van der Waals surface area contributed by atoms with Crippen molar-refractivity contribution in [3.05, 3.63) is 30.6 Å². The molecule has 0 aliphatic heterocycles. The van der Waals surface area contributed by atoms with Crippen LogP contribution in [-0.2, 0) is 7.05 Å². The molecule has 1 aromatic heterocycles. The lowest BCUT2D eigenvalue weighted by atomic mass is 10.2. The van der Waals surface area contributed by atoms with Gasteiger partial charge in [0.2, 0.25) is 0 Å². The Morgan fingerprint density at radius 2 is 2.50 bits per heavy atom. The van der Waals surface area contributed by atoms with E-state index >= 15 is 0 Å². The van der Waals surface area contributed by atoms with Crippen molar-refractivity contribution in [1.29, 1.82) is 0 Å². The molecule has 0 amide bonds. The quantitative estimate of drug-likeness (QED) is 0.646. The Morgan fingerprint density at radius 3 is 2.90 bits per heavy atom. The van der Waals surface area contributed by atoms with Gasteiger partial charge in [0.15, 0.2) is 0 Å². The summed E-state index contributed by atoms with van der Waals surface area (Å²) in [4.78, 5) is 0. The van der Waals surface area contributed by atoms with Gasteiger partial charge in [0, 0.05) is 25.5 Å². The second kappa shape index (κ2) is 2.71. The molecule has 0 spiro atoms. The molecule has 1 aromatic rings. The van der Waals surface area contributed by atoms with Crippen LogP contribution in [0, 0.1) is 0 Å². The van der Waals surface area contributed by atoms with Gasteiger partial charge in [0.05, 0.1) is 0 Å². The summed E-state index contributed by atoms with van der Waals surface area (Å²) >= 11 is 0. The minimum Gasteiger partial charge on any atom is -0.351 e. The summed E-state index contributed by atoms with van der Waals surface area (Å²) in [5.74, 6) is 0. The molecule has 0 unspecified atom stereocenters. The Bertz CT molecular complexity index is 235. The van der Waals surface area contributed by atoms with Crippen LogP contribution in [0.1, 0.15) is 5.69 Å². The first-order valence-corrected chi connectivity index (χ1v) is 3.25. The van der Waals surface area contributed by atoms with E-state index in [2.05, 4.69) is 6.58 Å². The van der Waals surface area contributed by atoms with Crippen LogP contribution in [0.5, 0.6) is 0 Å². The lowest BCUT2D eigenvalue weighted by molar-refractivity contribution is 0.904. The first kappa shape index (κ1) is 7.09. The summed E-state index contributed by atoms with van der Waals surface area (Å²) < 4.78 is 2.01. The van der Waals surface area contributed by atoms with E-state index in [0.717, 1.165) is 11.3 Å². The lowest BCUT2D eigenvalue weighted by Crippen LogP contribution is -2.04. The van der Waals surface area contributed by atoms with Gasteiger partial charge in [-0.3, -0.25) is 0 Å². The monoisotopic (exact) mass is 136 g/mol. The largest absolute Gasteiger partial charge is 0.351 e. The normalized spacial score (nSPS) is 9.80. The zero-order chi connectivity index (χ0) is 7.56. The summed E-state index contributed by atoms with van der Waals surface area (Å²) in [6.07, 6.45) is 1.98. The average molecular weight is 136 g/mol. The smallest absolute Gasteiger partial charge is 0.0443 e. The third-order valence-corrected chi connectivity index (χ3v) is 1.55. The second-order valence-corrected chi connectivity index (χ2v) is 2.31. The van der Waals surface area contributed by atoms with Gasteiger partial charge in [-0.05, 0) is 17.7 Å². The van der Waals surface area contributed by atoms with Crippen molar-refractivity contribution in [3.63, 3.8) is 0 Å². The van der Waals surface area contributed by atoms with Gasteiger partial charge in [0.1, 0.15) is 0 Å². The first-order valence-electron chi connectivity index (χ1n) is 3.25. The molecule has 1 heterocycles. The van der Waals surface area contributed by atoms with Crippen LogP contribution in [0.4, 0.5) is 0 Å². The molecule has 2 N–H and O–H groups in total. The minimum absolute atomic E-state index is 0.526. The number of hydrogen-bond acceptors (Lipinski definition) is 1. The maximum Gasteiger partial charge on any atom is 0.0443 e. The van der Waals surface area contributed by atoms with E-state index in [1.165, 1.54) is 0 Å². The van der Waals surface area contributed by atoms with E-state index in [1.807, 2.05) is 29.9 Å². The van der Waals surface area contributed by atoms with E-state index in [-0.39, 0.29) is 0 Å². The van der Waals surface area contributed by atoms with E-state index in [0.29, 0.717) is 6.54 Å². The number of aryl methyl sites for hydroxylation is 1. The van der Waals surface area contributed by atoms with Gasteiger partial charge in [0.25, 0.3) is 0 Å². The van der Waals surface area contributed by atoms with Crippen LogP contribution in [0.15, 0.2) is 24.9 Å². The van der Waals surface area contributed by atoms with Gasteiger partial charge in [-0.25, -0.2) is 0 Å². The molecule has 0 fully saturated rings. The topological polar surface area (TPSA) is 30.9 Å². The van der Waals surface area contributed by atoms with Crippen molar-refractivity contribution in [2.75, 3.05) is 6.54 Å². The predicted molar refractivity (Wildman–Crippen MR) is 43.5 cm³/mol. The lowest BCUT2D eigenvalue weighted by Gasteiger charge is -2.02. The van der Waals surface area contributed by atoms with Crippen LogP contribution in [0.3, 0.4) is 0 Å². The third kappa shape index (κ3) is 1.11. The summed E-state index contributed by atoms with van der Waals surface area (Å²) in [5.41, 5.74) is 7.51. The molecule has 1 rings (SSSR count). The standard InChI is InChI=1S/C8H12N2/c1-7(6-9)8-4-3-5-10(8)2/h3-5H,1,6,9H2,2H3. The maximum atomic E-state index is 5.42. The molecular weight excluding hydrogens is 124 g/mol. The number of nitrogens with two attached hydrogens (primary N) is 1. The van der Waals surface area contributed by atoms with Crippen molar-refractivity contribution in [3.8, 4) is 0 Å². The van der Waals surface area contributed by atoms with Crippen LogP contribution in [0.2, 0.25) is 0 Å². The average Bonchev–Trinajstić information content (AvgIpc) is 2.34. The van der Waals surface area contributed by atoms with E-state index in [9.17, 15) is 0 Å². The highest BCUT2D eigenvalue weighted by Gasteiger charge is 1.97. The molecule has 10 heavy (non-hydrogen) atoms. The van der Waals surface area contributed by atoms with Crippen molar-refractivity contribution in [2.45, 2.75) is 0 Å². The Labute approximate surface area is 61.0 Å². The van der Waals surface area contributed by atoms with E-state index in [1.54, 1.807) is 0 Å². The number of hydrogen-bond donors (Lipinski definition) is 1. The molecule has 2 nitrogen and oxygen atoms in total. The van der Waals surface area contributed by atoms with Crippen LogP contribution < -0.4 is 5.73 Å². The van der Waals surface area contributed by atoms with Crippen LogP contribution >= 0.6 is 0 Å². The van der Waals surface area contributed by atoms with Gasteiger partial charge in [-0.2, -0.15) is 0 Å². The fourth-order valence-corrected chi connectivity index (χ4v) is 0.933. The highest BCUT2D eigenvalue weighted by molar-refractivity contribution is 5.61. The highest BCUT2D eigenvalue weighted by atomic mass is 14.9. The van der Waals surface area contributed by atoms with Gasteiger partial charge < -0.3 is 10.3 Å². The molecule has 0 saturated heterocycles. The van der Waals surface area contributed by atoms with Crippen molar-refractivity contribution in [1.82, 2.24) is 4.57 Å². The zero-order valence-corrected chi connectivity index (χ0v) is 6.17. The second-order valence-electron chi connectivity index (χ2n) is 2.31. The molecular formula is C8H12N2. The SMILES string of the molecule is C=C(CN)c1cccn1C. The number of aromatic nitrogens is 1. The van der Waals surface area contributed by atoms with Gasteiger partial charge in [-0.15, -0.1) is 0 Å². The molecule has 0 aromatic carbocycles. The van der Waals surface area contributed by atoms with Gasteiger partial charge >= 0.3 is 0 Å². The van der Waals surface area contributed by atoms with Crippen molar-refractivity contribution >= 4 is 5.57 Å². The molecule has 0 aliphatic rings. The van der Waals surface area contributed by atoms with Crippen LogP contribution in [0.25, 0.3) is 5.57 Å². The molecule has 0 radical (unpaired) electrons. The Hall–Kier alpha value is -1.02. The first-order chi connectivity index (χ1) is 4.75. The molecule has 2 heteroatoms. The fourth-order valence-electron chi connectivity index (χ4n) is 0.933. The number of nitrogens with zero attached hydrogens (tertiary/aromatic N) is 1. The Morgan fingerprint density at radius 1 is 1.80 bits per heavy atom. The Balaban J connectivity index is 2.93. The van der Waals surface area contributed by atoms with E-state index < -0.39 is 0 Å². The Kier molecular flexibility index (Phi) is 1.92. The predicted octanol–water partition coefficient (Wildman–Crippen LogP) is 0.997. The molecule has 54 valence electrons. The minimum atomic E-state index is 0.526. The van der Waals surface area contributed by atoms with E-state index in [4.69, 9.17) is 5.73 Å². The summed E-state index contributed by atoms with van der Waals surface area (Å²) in [5, 5.41) is 0. The molecule has 0 aliphatic carbocycles. The maximum absolute atomic E-state index is 5.42. The fraction of sp³-hybridized carbons (Fsp3) is 0.250. The highest BCUT2D eigenvalue weighted by Crippen LogP contribution is 2.09. The van der Waals surface area contributed by atoms with Gasteiger partial charge in [-0.1, -0.05) is 6.58 Å². The summed E-state index contributed by atoms with van der Waals surface area (Å²) in [6.45, 7) is 4.36. The molecule has 0 atom stereocenters. The van der Waals surface area contributed by atoms with Crippen molar-refractivity contribution in [2.24, 2.45) is 12.8 Å².